The molecule has 0 aromatic carbocycles. The monoisotopic (exact) mass is 325 g/mol. The molecule has 2 N–H and O–H groups in total. The van der Waals surface area contributed by atoms with Crippen LogP contribution in [-0.2, 0) is 14.1 Å². The molecule has 0 saturated heterocycles. The van der Waals surface area contributed by atoms with Crippen molar-refractivity contribution >= 4 is 23.2 Å². The van der Waals surface area contributed by atoms with E-state index in [1.54, 1.807) is 28.7 Å². The summed E-state index contributed by atoms with van der Waals surface area (Å²) < 4.78 is 3.34. The van der Waals surface area contributed by atoms with Crippen molar-refractivity contribution < 1.29 is 4.79 Å². The molecule has 0 aliphatic heterocycles. The van der Waals surface area contributed by atoms with E-state index in [0.717, 1.165) is 17.2 Å². The minimum absolute atomic E-state index is 0.305. The number of hydrogen-bond donors (Lipinski definition) is 2. The number of rotatable bonds is 4. The lowest BCUT2D eigenvalue weighted by atomic mass is 10.2. The van der Waals surface area contributed by atoms with Crippen LogP contribution in [0.2, 0.25) is 0 Å². The van der Waals surface area contributed by atoms with Crippen LogP contribution in [0.15, 0.2) is 30.5 Å². The van der Waals surface area contributed by atoms with Gasteiger partial charge >= 0.3 is 0 Å². The highest BCUT2D eigenvalue weighted by atomic mass is 16.2. The third kappa shape index (κ3) is 3.27. The Hall–Kier alpha value is -3.16. The van der Waals surface area contributed by atoms with E-state index in [-0.39, 0.29) is 5.91 Å². The maximum Gasteiger partial charge on any atom is 0.277 e. The molecular weight excluding hydrogens is 306 g/mol. The SMILES string of the molecule is Cc1ccc(Nc2cc(C)nn2C)c(C(=O)Nc2ccn(C)n2)n1. The lowest BCUT2D eigenvalue weighted by molar-refractivity contribution is 0.102. The molecule has 0 atom stereocenters. The van der Waals surface area contributed by atoms with Gasteiger partial charge in [0.1, 0.15) is 5.82 Å². The van der Waals surface area contributed by atoms with Crippen molar-refractivity contribution in [2.75, 3.05) is 10.6 Å². The second-order valence-corrected chi connectivity index (χ2v) is 5.60. The van der Waals surface area contributed by atoms with Crippen LogP contribution < -0.4 is 10.6 Å². The van der Waals surface area contributed by atoms with E-state index in [1.807, 2.05) is 39.1 Å². The second kappa shape index (κ2) is 6.15. The van der Waals surface area contributed by atoms with E-state index in [2.05, 4.69) is 25.8 Å². The summed E-state index contributed by atoms with van der Waals surface area (Å²) in [4.78, 5) is 17.0. The van der Waals surface area contributed by atoms with Gasteiger partial charge in [-0.3, -0.25) is 14.2 Å². The quantitative estimate of drug-likeness (QED) is 0.767. The number of pyridine rings is 1. The summed E-state index contributed by atoms with van der Waals surface area (Å²) in [5, 5.41) is 14.4. The fourth-order valence-corrected chi connectivity index (χ4v) is 2.35. The van der Waals surface area contributed by atoms with Gasteiger partial charge in [0.05, 0.1) is 11.4 Å². The summed E-state index contributed by atoms with van der Waals surface area (Å²) in [5.74, 6) is 0.942. The van der Waals surface area contributed by atoms with E-state index in [4.69, 9.17) is 0 Å². The Morgan fingerprint density at radius 2 is 1.88 bits per heavy atom. The first-order valence-electron chi connectivity index (χ1n) is 7.48. The number of nitrogens with one attached hydrogen (secondary N) is 2. The van der Waals surface area contributed by atoms with Gasteiger partial charge in [-0.2, -0.15) is 10.2 Å². The predicted molar refractivity (Wildman–Crippen MR) is 91.4 cm³/mol. The minimum atomic E-state index is -0.321. The van der Waals surface area contributed by atoms with Crippen LogP contribution in [0.5, 0.6) is 0 Å². The standard InChI is InChI=1S/C16H19N7O/c1-10-5-6-12(18-14-9-11(2)20-23(14)4)15(17-10)16(24)19-13-7-8-22(3)21-13/h5-9,18H,1-4H3,(H,19,21,24). The molecule has 0 bridgehead atoms. The van der Waals surface area contributed by atoms with Crippen LogP contribution in [0.4, 0.5) is 17.3 Å². The molecule has 0 aliphatic rings. The molecule has 24 heavy (non-hydrogen) atoms. The number of nitrogens with zero attached hydrogens (tertiary/aromatic N) is 5. The van der Waals surface area contributed by atoms with Crippen LogP contribution >= 0.6 is 0 Å². The zero-order chi connectivity index (χ0) is 17.3. The van der Waals surface area contributed by atoms with Crippen molar-refractivity contribution in [3.05, 3.63) is 47.5 Å². The molecule has 0 saturated carbocycles. The van der Waals surface area contributed by atoms with Gasteiger partial charge in [-0.1, -0.05) is 0 Å². The molecule has 8 nitrogen and oxygen atoms in total. The molecule has 0 fully saturated rings. The molecule has 0 spiro atoms. The second-order valence-electron chi connectivity index (χ2n) is 5.60. The molecule has 0 unspecified atom stereocenters. The fourth-order valence-electron chi connectivity index (χ4n) is 2.35. The summed E-state index contributed by atoms with van der Waals surface area (Å²) in [6, 6.07) is 7.31. The van der Waals surface area contributed by atoms with Crippen molar-refractivity contribution in [2.24, 2.45) is 14.1 Å². The normalized spacial score (nSPS) is 10.7. The highest BCUT2D eigenvalue weighted by molar-refractivity contribution is 6.06. The Labute approximate surface area is 139 Å². The Kier molecular flexibility index (Phi) is 4.03. The van der Waals surface area contributed by atoms with E-state index in [9.17, 15) is 4.79 Å². The summed E-state index contributed by atoms with van der Waals surface area (Å²) in [6.45, 7) is 3.75. The van der Waals surface area contributed by atoms with Gasteiger partial charge in [0.25, 0.3) is 5.91 Å². The molecule has 1 amide bonds. The third-order valence-corrected chi connectivity index (χ3v) is 3.47. The summed E-state index contributed by atoms with van der Waals surface area (Å²) in [5.41, 5.74) is 2.56. The third-order valence-electron chi connectivity index (χ3n) is 3.47. The van der Waals surface area contributed by atoms with E-state index >= 15 is 0 Å². The molecule has 3 aromatic rings. The Morgan fingerprint density at radius 3 is 2.50 bits per heavy atom. The summed E-state index contributed by atoms with van der Waals surface area (Å²) in [7, 11) is 3.63. The number of anilines is 3. The first-order chi connectivity index (χ1) is 11.4. The van der Waals surface area contributed by atoms with Crippen molar-refractivity contribution in [3.8, 4) is 0 Å². The van der Waals surface area contributed by atoms with Crippen LogP contribution in [0, 0.1) is 13.8 Å². The van der Waals surface area contributed by atoms with Gasteiger partial charge < -0.3 is 10.6 Å². The highest BCUT2D eigenvalue weighted by Crippen LogP contribution is 2.21. The molecule has 0 radical (unpaired) electrons. The van der Waals surface area contributed by atoms with Crippen molar-refractivity contribution in [3.63, 3.8) is 0 Å². The maximum atomic E-state index is 12.6. The van der Waals surface area contributed by atoms with Gasteiger partial charge in [-0.05, 0) is 26.0 Å². The number of carbonyl (C=O) groups is 1. The minimum Gasteiger partial charge on any atom is -0.339 e. The number of hydrogen-bond acceptors (Lipinski definition) is 5. The molecule has 0 aliphatic carbocycles. The number of carbonyl (C=O) groups excluding carboxylic acids is 1. The average molecular weight is 325 g/mol. The molecular formula is C16H19N7O. The molecule has 3 rings (SSSR count). The van der Waals surface area contributed by atoms with E-state index in [1.165, 1.54) is 0 Å². The van der Waals surface area contributed by atoms with Gasteiger partial charge in [0.2, 0.25) is 0 Å². The molecule has 3 aromatic heterocycles. The van der Waals surface area contributed by atoms with E-state index < -0.39 is 0 Å². The zero-order valence-electron chi connectivity index (χ0n) is 14.0. The number of aromatic nitrogens is 5. The number of amides is 1. The van der Waals surface area contributed by atoms with Crippen molar-refractivity contribution in [1.82, 2.24) is 24.5 Å². The fraction of sp³-hybridized carbons (Fsp3) is 0.250. The highest BCUT2D eigenvalue weighted by Gasteiger charge is 2.16. The Morgan fingerprint density at radius 1 is 1.08 bits per heavy atom. The van der Waals surface area contributed by atoms with Gasteiger partial charge in [-0.15, -0.1) is 0 Å². The van der Waals surface area contributed by atoms with Gasteiger partial charge in [-0.25, -0.2) is 4.98 Å². The van der Waals surface area contributed by atoms with E-state index in [0.29, 0.717) is 17.2 Å². The largest absolute Gasteiger partial charge is 0.339 e. The number of aryl methyl sites for hydroxylation is 4. The lowest BCUT2D eigenvalue weighted by Gasteiger charge is -2.11. The molecule has 3 heterocycles. The van der Waals surface area contributed by atoms with Crippen LogP contribution in [-0.4, -0.2) is 30.5 Å². The summed E-state index contributed by atoms with van der Waals surface area (Å²) >= 11 is 0. The van der Waals surface area contributed by atoms with Crippen LogP contribution in [0.1, 0.15) is 21.9 Å². The zero-order valence-corrected chi connectivity index (χ0v) is 14.0. The molecule has 8 heteroatoms. The maximum absolute atomic E-state index is 12.6. The van der Waals surface area contributed by atoms with Gasteiger partial charge in [0.15, 0.2) is 11.5 Å². The molecule has 124 valence electrons. The first kappa shape index (κ1) is 15.7. The predicted octanol–water partition coefficient (Wildman–Crippen LogP) is 2.16. The first-order valence-corrected chi connectivity index (χ1v) is 7.48. The Bertz CT molecular complexity index is 894. The lowest BCUT2D eigenvalue weighted by Crippen LogP contribution is -2.17. The topological polar surface area (TPSA) is 89.7 Å². The summed E-state index contributed by atoms with van der Waals surface area (Å²) in [6.07, 6.45) is 1.76. The Balaban J connectivity index is 1.90. The smallest absolute Gasteiger partial charge is 0.277 e. The van der Waals surface area contributed by atoms with Crippen molar-refractivity contribution in [2.45, 2.75) is 13.8 Å². The van der Waals surface area contributed by atoms with Crippen LogP contribution in [0.25, 0.3) is 0 Å². The van der Waals surface area contributed by atoms with Gasteiger partial charge in [0, 0.05) is 38.1 Å². The van der Waals surface area contributed by atoms with Crippen LogP contribution in [0.3, 0.4) is 0 Å². The average Bonchev–Trinajstić information content (AvgIpc) is 3.06. The van der Waals surface area contributed by atoms with Crippen molar-refractivity contribution in [1.29, 1.82) is 0 Å².